The van der Waals surface area contributed by atoms with Gasteiger partial charge in [0.2, 0.25) is 0 Å². The first kappa shape index (κ1) is 10.3. The van der Waals surface area contributed by atoms with Crippen LogP contribution in [0.4, 0.5) is 0 Å². The lowest BCUT2D eigenvalue weighted by Gasteiger charge is -2.11. The second-order valence-corrected chi connectivity index (χ2v) is 4.19. The molecule has 0 saturated carbocycles. The molecule has 0 radical (unpaired) electrons. The van der Waals surface area contributed by atoms with Gasteiger partial charge in [-0.3, -0.25) is 0 Å². The molecular weight excluding hydrogens is 210 g/mol. The van der Waals surface area contributed by atoms with Crippen LogP contribution in [-0.2, 0) is 0 Å². The van der Waals surface area contributed by atoms with Crippen LogP contribution in [0, 0.1) is 0 Å². The van der Waals surface area contributed by atoms with E-state index >= 15 is 0 Å². The van der Waals surface area contributed by atoms with Gasteiger partial charge in [-0.05, 0) is 30.7 Å². The van der Waals surface area contributed by atoms with E-state index in [9.17, 15) is 0 Å². The van der Waals surface area contributed by atoms with Gasteiger partial charge in [0.1, 0.15) is 0 Å². The van der Waals surface area contributed by atoms with Crippen molar-refractivity contribution in [2.75, 3.05) is 13.1 Å². The lowest BCUT2D eigenvalue weighted by molar-refractivity contribution is 0.738. The SMILES string of the molecule is C1=C(c2cnn(-c3ccccc3)c2)CCNC1. The second-order valence-electron chi connectivity index (χ2n) is 4.19. The average Bonchev–Trinajstić information content (AvgIpc) is 2.90. The molecule has 0 bridgehead atoms. The van der Waals surface area contributed by atoms with Crippen molar-refractivity contribution >= 4 is 5.57 Å². The summed E-state index contributed by atoms with van der Waals surface area (Å²) < 4.78 is 1.93. The number of para-hydroxylation sites is 1. The Morgan fingerprint density at radius 3 is 2.82 bits per heavy atom. The molecule has 0 spiro atoms. The van der Waals surface area contributed by atoms with Gasteiger partial charge >= 0.3 is 0 Å². The fraction of sp³-hybridized carbons (Fsp3) is 0.214. The van der Waals surface area contributed by atoms with Gasteiger partial charge in [-0.25, -0.2) is 4.68 Å². The van der Waals surface area contributed by atoms with Gasteiger partial charge < -0.3 is 5.32 Å². The van der Waals surface area contributed by atoms with Crippen LogP contribution >= 0.6 is 0 Å². The predicted octanol–water partition coefficient (Wildman–Crippen LogP) is 2.25. The van der Waals surface area contributed by atoms with Crippen LogP contribution in [0.3, 0.4) is 0 Å². The summed E-state index contributed by atoms with van der Waals surface area (Å²) in [5.41, 5.74) is 3.73. The number of hydrogen-bond acceptors (Lipinski definition) is 2. The van der Waals surface area contributed by atoms with Crippen molar-refractivity contribution in [2.45, 2.75) is 6.42 Å². The largest absolute Gasteiger partial charge is 0.313 e. The molecule has 2 heterocycles. The van der Waals surface area contributed by atoms with Gasteiger partial charge in [-0.2, -0.15) is 5.10 Å². The van der Waals surface area contributed by atoms with E-state index in [4.69, 9.17) is 0 Å². The molecule has 3 nitrogen and oxygen atoms in total. The number of benzene rings is 1. The molecular formula is C14H15N3. The van der Waals surface area contributed by atoms with E-state index in [1.165, 1.54) is 11.1 Å². The Bertz CT molecular complexity index is 525. The summed E-state index contributed by atoms with van der Waals surface area (Å²) in [6.07, 6.45) is 7.38. The monoisotopic (exact) mass is 225 g/mol. The van der Waals surface area contributed by atoms with Crippen molar-refractivity contribution in [1.29, 1.82) is 0 Å². The van der Waals surface area contributed by atoms with E-state index in [1.807, 2.05) is 29.1 Å². The maximum absolute atomic E-state index is 4.42. The number of rotatable bonds is 2. The molecule has 1 aromatic heterocycles. The lowest BCUT2D eigenvalue weighted by Crippen LogP contribution is -2.19. The van der Waals surface area contributed by atoms with Gasteiger partial charge in [0.05, 0.1) is 11.9 Å². The Labute approximate surface area is 101 Å². The molecule has 1 N–H and O–H groups in total. The standard InChI is InChI=1S/C14H15N3/c1-2-4-14(5-3-1)17-11-13(10-16-17)12-6-8-15-9-7-12/h1-6,10-11,15H,7-9H2. The predicted molar refractivity (Wildman–Crippen MR) is 69.0 cm³/mol. The first-order valence-electron chi connectivity index (χ1n) is 5.94. The van der Waals surface area contributed by atoms with Crippen LogP contribution in [-0.4, -0.2) is 22.9 Å². The van der Waals surface area contributed by atoms with E-state index in [-0.39, 0.29) is 0 Å². The maximum atomic E-state index is 4.42. The van der Waals surface area contributed by atoms with Gasteiger partial charge in [0.25, 0.3) is 0 Å². The highest BCUT2D eigenvalue weighted by molar-refractivity contribution is 5.65. The second kappa shape index (κ2) is 4.55. The van der Waals surface area contributed by atoms with Gasteiger partial charge in [0.15, 0.2) is 0 Å². The van der Waals surface area contributed by atoms with Gasteiger partial charge in [0, 0.05) is 18.3 Å². The Hall–Kier alpha value is -1.87. The Morgan fingerprint density at radius 1 is 1.18 bits per heavy atom. The molecule has 0 aliphatic carbocycles. The summed E-state index contributed by atoms with van der Waals surface area (Å²) in [4.78, 5) is 0. The van der Waals surface area contributed by atoms with Crippen molar-refractivity contribution in [3.8, 4) is 5.69 Å². The third-order valence-electron chi connectivity index (χ3n) is 3.04. The third kappa shape index (κ3) is 2.15. The van der Waals surface area contributed by atoms with Crippen LogP contribution in [0.1, 0.15) is 12.0 Å². The minimum atomic E-state index is 0.964. The van der Waals surface area contributed by atoms with E-state index < -0.39 is 0 Å². The highest BCUT2D eigenvalue weighted by atomic mass is 15.3. The smallest absolute Gasteiger partial charge is 0.0645 e. The van der Waals surface area contributed by atoms with Gasteiger partial charge in [-0.15, -0.1) is 0 Å². The van der Waals surface area contributed by atoms with Crippen LogP contribution in [0.2, 0.25) is 0 Å². The fourth-order valence-corrected chi connectivity index (χ4v) is 2.10. The summed E-state index contributed by atoms with van der Waals surface area (Å²) in [5, 5.41) is 7.74. The topological polar surface area (TPSA) is 29.9 Å². The molecule has 0 fully saturated rings. The van der Waals surface area contributed by atoms with E-state index in [2.05, 4.69) is 34.8 Å². The Balaban J connectivity index is 1.90. The molecule has 0 unspecified atom stereocenters. The molecule has 1 aromatic carbocycles. The van der Waals surface area contributed by atoms with Crippen molar-refractivity contribution < 1.29 is 0 Å². The number of hydrogen-bond donors (Lipinski definition) is 1. The number of nitrogens with one attached hydrogen (secondary N) is 1. The highest BCUT2D eigenvalue weighted by Gasteiger charge is 2.08. The lowest BCUT2D eigenvalue weighted by atomic mass is 10.0. The molecule has 86 valence electrons. The molecule has 3 heteroatoms. The Morgan fingerprint density at radius 2 is 2.06 bits per heavy atom. The number of aromatic nitrogens is 2. The van der Waals surface area contributed by atoms with Crippen LogP contribution in [0.25, 0.3) is 11.3 Å². The normalized spacial score (nSPS) is 15.6. The van der Waals surface area contributed by atoms with Crippen LogP contribution in [0.15, 0.2) is 48.8 Å². The molecule has 3 rings (SSSR count). The van der Waals surface area contributed by atoms with Crippen LogP contribution < -0.4 is 5.32 Å². The van der Waals surface area contributed by atoms with Crippen molar-refractivity contribution in [1.82, 2.24) is 15.1 Å². The summed E-state index contributed by atoms with van der Waals surface area (Å²) in [6.45, 7) is 2.02. The fourth-order valence-electron chi connectivity index (χ4n) is 2.10. The van der Waals surface area contributed by atoms with Gasteiger partial charge in [-0.1, -0.05) is 24.3 Å². The van der Waals surface area contributed by atoms with Crippen molar-refractivity contribution in [3.05, 3.63) is 54.4 Å². The third-order valence-corrected chi connectivity index (χ3v) is 3.04. The highest BCUT2D eigenvalue weighted by Crippen LogP contribution is 2.20. The summed E-state index contributed by atoms with van der Waals surface area (Å²) in [7, 11) is 0. The molecule has 0 amide bonds. The van der Waals surface area contributed by atoms with Crippen molar-refractivity contribution in [3.63, 3.8) is 0 Å². The number of nitrogens with zero attached hydrogens (tertiary/aromatic N) is 2. The summed E-state index contributed by atoms with van der Waals surface area (Å²) in [5.74, 6) is 0. The Kier molecular flexibility index (Phi) is 2.76. The zero-order valence-corrected chi connectivity index (χ0v) is 9.63. The average molecular weight is 225 g/mol. The summed E-state index contributed by atoms with van der Waals surface area (Å²) in [6, 6.07) is 10.2. The molecule has 1 aliphatic heterocycles. The molecule has 17 heavy (non-hydrogen) atoms. The first-order valence-corrected chi connectivity index (χ1v) is 5.94. The quantitative estimate of drug-likeness (QED) is 0.849. The zero-order chi connectivity index (χ0) is 11.5. The maximum Gasteiger partial charge on any atom is 0.0645 e. The van der Waals surface area contributed by atoms with E-state index in [0.717, 1.165) is 25.2 Å². The van der Waals surface area contributed by atoms with E-state index in [0.29, 0.717) is 0 Å². The van der Waals surface area contributed by atoms with Crippen molar-refractivity contribution in [2.24, 2.45) is 0 Å². The molecule has 2 aromatic rings. The van der Waals surface area contributed by atoms with E-state index in [1.54, 1.807) is 0 Å². The molecule has 0 atom stereocenters. The summed E-state index contributed by atoms with van der Waals surface area (Å²) >= 11 is 0. The molecule has 1 aliphatic rings. The minimum Gasteiger partial charge on any atom is -0.313 e. The first-order chi connectivity index (χ1) is 8.43. The zero-order valence-electron chi connectivity index (χ0n) is 9.63. The van der Waals surface area contributed by atoms with Crippen LogP contribution in [0.5, 0.6) is 0 Å². The minimum absolute atomic E-state index is 0.964. The molecule has 0 saturated heterocycles.